The maximum atomic E-state index is 2.50. The van der Waals surface area contributed by atoms with Crippen molar-refractivity contribution in [3.8, 4) is 0 Å². The molecule has 1 heterocycles. The molecule has 2 atom stereocenters. The van der Waals surface area contributed by atoms with Crippen LogP contribution in [0.15, 0.2) is 0 Å². The quantitative estimate of drug-likeness (QED) is 0.583. The van der Waals surface area contributed by atoms with Crippen LogP contribution >= 0.6 is 0 Å². The van der Waals surface area contributed by atoms with E-state index < -0.39 is 0 Å². The fraction of sp³-hybridized carbons (Fsp3) is 1.00. The molecule has 0 amide bonds. The van der Waals surface area contributed by atoms with Crippen molar-refractivity contribution >= 4 is 0 Å². The van der Waals surface area contributed by atoms with E-state index in [1.807, 2.05) is 0 Å². The van der Waals surface area contributed by atoms with Crippen LogP contribution in [0, 0.1) is 5.41 Å². The van der Waals surface area contributed by atoms with Crippen molar-refractivity contribution in [1.82, 2.24) is 4.90 Å². The second-order valence-electron chi connectivity index (χ2n) is 4.80. The molecule has 0 aliphatic carbocycles. The van der Waals surface area contributed by atoms with Crippen LogP contribution in [0.1, 0.15) is 46.5 Å². The van der Waals surface area contributed by atoms with Crippen LogP contribution in [0.2, 0.25) is 0 Å². The Bertz CT molecular complexity index is 144. The van der Waals surface area contributed by atoms with Gasteiger partial charge in [0.1, 0.15) is 0 Å². The first-order valence-electron chi connectivity index (χ1n) is 5.28. The maximum absolute atomic E-state index is 2.50. The SMILES string of the molecule is CCC1(C)CCCN(C)C(C)C1. The van der Waals surface area contributed by atoms with Crippen molar-refractivity contribution in [1.29, 1.82) is 0 Å². The Hall–Kier alpha value is -0.0400. The number of hydrogen-bond donors (Lipinski definition) is 0. The second kappa shape index (κ2) is 3.78. The van der Waals surface area contributed by atoms with Crippen LogP contribution in [0.5, 0.6) is 0 Å². The zero-order valence-electron chi connectivity index (χ0n) is 9.06. The summed E-state index contributed by atoms with van der Waals surface area (Å²) in [4.78, 5) is 2.50. The summed E-state index contributed by atoms with van der Waals surface area (Å²) in [6, 6.07) is 0.775. The standard InChI is InChI=1S/C11H23N/c1-5-11(3)7-6-8-12(4)10(2)9-11/h10H,5-9H2,1-4H3. The molecule has 1 fully saturated rings. The van der Waals surface area contributed by atoms with Crippen molar-refractivity contribution in [3.05, 3.63) is 0 Å². The summed E-state index contributed by atoms with van der Waals surface area (Å²) in [5, 5.41) is 0. The van der Waals surface area contributed by atoms with E-state index in [1.54, 1.807) is 0 Å². The van der Waals surface area contributed by atoms with Gasteiger partial charge in [0.25, 0.3) is 0 Å². The predicted molar refractivity (Wildman–Crippen MR) is 54.3 cm³/mol. The molecule has 0 saturated carbocycles. The van der Waals surface area contributed by atoms with Crippen molar-refractivity contribution in [3.63, 3.8) is 0 Å². The molecule has 1 aliphatic rings. The molecule has 0 N–H and O–H groups in total. The van der Waals surface area contributed by atoms with Gasteiger partial charge < -0.3 is 4.90 Å². The first kappa shape index (κ1) is 10.0. The topological polar surface area (TPSA) is 3.24 Å². The lowest BCUT2D eigenvalue weighted by Gasteiger charge is -2.30. The molecule has 0 radical (unpaired) electrons. The lowest BCUT2D eigenvalue weighted by molar-refractivity contribution is 0.204. The predicted octanol–water partition coefficient (Wildman–Crippen LogP) is 2.91. The van der Waals surface area contributed by atoms with Gasteiger partial charge in [-0.1, -0.05) is 20.3 Å². The molecule has 2 unspecified atom stereocenters. The molecule has 0 bridgehead atoms. The van der Waals surface area contributed by atoms with E-state index in [9.17, 15) is 0 Å². The smallest absolute Gasteiger partial charge is 0.00690 e. The van der Waals surface area contributed by atoms with Gasteiger partial charge in [0.15, 0.2) is 0 Å². The van der Waals surface area contributed by atoms with Gasteiger partial charge in [-0.2, -0.15) is 0 Å². The fourth-order valence-electron chi connectivity index (χ4n) is 2.27. The highest BCUT2D eigenvalue weighted by Gasteiger charge is 2.28. The molecule has 1 rings (SSSR count). The number of likely N-dealkylation sites (tertiary alicyclic amines) is 1. The Kier molecular flexibility index (Phi) is 3.16. The van der Waals surface area contributed by atoms with E-state index in [1.165, 1.54) is 32.2 Å². The largest absolute Gasteiger partial charge is 0.304 e. The highest BCUT2D eigenvalue weighted by molar-refractivity contribution is 4.82. The van der Waals surface area contributed by atoms with E-state index in [0.29, 0.717) is 5.41 Å². The third kappa shape index (κ3) is 2.22. The van der Waals surface area contributed by atoms with Crippen molar-refractivity contribution < 1.29 is 0 Å². The normalized spacial score (nSPS) is 39.5. The highest BCUT2D eigenvalue weighted by Crippen LogP contribution is 2.36. The second-order valence-corrected chi connectivity index (χ2v) is 4.80. The third-order valence-electron chi connectivity index (χ3n) is 3.69. The monoisotopic (exact) mass is 169 g/mol. The molecule has 1 saturated heterocycles. The number of nitrogens with zero attached hydrogens (tertiary/aromatic N) is 1. The van der Waals surface area contributed by atoms with Crippen LogP contribution in [0.3, 0.4) is 0 Å². The van der Waals surface area contributed by atoms with Crippen molar-refractivity contribution in [2.45, 2.75) is 52.5 Å². The molecule has 0 aromatic carbocycles. The Morgan fingerprint density at radius 2 is 2.17 bits per heavy atom. The Labute approximate surface area is 77.1 Å². The molecule has 0 spiro atoms. The van der Waals surface area contributed by atoms with Crippen LogP contribution in [-0.2, 0) is 0 Å². The zero-order valence-corrected chi connectivity index (χ0v) is 9.06. The summed E-state index contributed by atoms with van der Waals surface area (Å²) in [5.41, 5.74) is 0.615. The zero-order chi connectivity index (χ0) is 9.19. The number of rotatable bonds is 1. The van der Waals surface area contributed by atoms with Crippen molar-refractivity contribution in [2.24, 2.45) is 5.41 Å². The summed E-state index contributed by atoms with van der Waals surface area (Å²) >= 11 is 0. The minimum absolute atomic E-state index is 0.615. The molecule has 1 heteroatoms. The van der Waals surface area contributed by atoms with Gasteiger partial charge in [-0.15, -0.1) is 0 Å². The Balaban J connectivity index is 2.59. The van der Waals surface area contributed by atoms with E-state index in [4.69, 9.17) is 0 Å². The van der Waals surface area contributed by atoms with Gasteiger partial charge >= 0.3 is 0 Å². The molecule has 1 nitrogen and oxygen atoms in total. The van der Waals surface area contributed by atoms with Crippen LogP contribution in [0.25, 0.3) is 0 Å². The van der Waals surface area contributed by atoms with Crippen LogP contribution < -0.4 is 0 Å². The molecular weight excluding hydrogens is 146 g/mol. The van der Waals surface area contributed by atoms with Gasteiger partial charge in [-0.05, 0) is 45.2 Å². The average Bonchev–Trinajstić information content (AvgIpc) is 2.14. The van der Waals surface area contributed by atoms with Gasteiger partial charge in [-0.25, -0.2) is 0 Å². The van der Waals surface area contributed by atoms with Gasteiger partial charge in [-0.3, -0.25) is 0 Å². The lowest BCUT2D eigenvalue weighted by atomic mass is 9.79. The Morgan fingerprint density at radius 1 is 1.50 bits per heavy atom. The molecule has 0 aromatic rings. The molecule has 0 aromatic heterocycles. The third-order valence-corrected chi connectivity index (χ3v) is 3.69. The minimum atomic E-state index is 0.615. The Morgan fingerprint density at radius 3 is 2.75 bits per heavy atom. The summed E-state index contributed by atoms with van der Waals surface area (Å²) in [6.07, 6.45) is 5.51. The van der Waals surface area contributed by atoms with Gasteiger partial charge in [0, 0.05) is 6.04 Å². The van der Waals surface area contributed by atoms with Gasteiger partial charge in [0.05, 0.1) is 0 Å². The maximum Gasteiger partial charge on any atom is 0.00690 e. The van der Waals surface area contributed by atoms with E-state index in [2.05, 4.69) is 32.7 Å². The first-order valence-corrected chi connectivity index (χ1v) is 5.28. The molecule has 12 heavy (non-hydrogen) atoms. The van der Waals surface area contributed by atoms with Gasteiger partial charge in [0.2, 0.25) is 0 Å². The van der Waals surface area contributed by atoms with Crippen LogP contribution in [0.4, 0.5) is 0 Å². The minimum Gasteiger partial charge on any atom is -0.304 e. The molecule has 1 aliphatic heterocycles. The lowest BCUT2D eigenvalue weighted by Crippen LogP contribution is -2.30. The summed E-state index contributed by atoms with van der Waals surface area (Å²) in [6.45, 7) is 8.43. The highest BCUT2D eigenvalue weighted by atomic mass is 15.1. The first-order chi connectivity index (χ1) is 5.57. The van der Waals surface area contributed by atoms with E-state index in [-0.39, 0.29) is 0 Å². The number of hydrogen-bond acceptors (Lipinski definition) is 1. The van der Waals surface area contributed by atoms with Crippen LogP contribution in [-0.4, -0.2) is 24.5 Å². The molecular formula is C11H23N. The summed E-state index contributed by atoms with van der Waals surface area (Å²) < 4.78 is 0. The van der Waals surface area contributed by atoms with E-state index >= 15 is 0 Å². The van der Waals surface area contributed by atoms with Crippen molar-refractivity contribution in [2.75, 3.05) is 13.6 Å². The summed E-state index contributed by atoms with van der Waals surface area (Å²) in [5.74, 6) is 0. The molecule has 72 valence electrons. The average molecular weight is 169 g/mol. The summed E-state index contributed by atoms with van der Waals surface area (Å²) in [7, 11) is 2.26. The fourth-order valence-corrected chi connectivity index (χ4v) is 2.27. The van der Waals surface area contributed by atoms with E-state index in [0.717, 1.165) is 6.04 Å².